The van der Waals surface area contributed by atoms with Crippen LogP contribution in [0.5, 0.6) is 0 Å². The lowest BCUT2D eigenvalue weighted by atomic mass is 10.0. The van der Waals surface area contributed by atoms with E-state index >= 15 is 0 Å². The average Bonchev–Trinajstić information content (AvgIpc) is 2.44. The van der Waals surface area contributed by atoms with Gasteiger partial charge in [-0.25, -0.2) is 0 Å². The summed E-state index contributed by atoms with van der Waals surface area (Å²) in [6, 6.07) is 0. The van der Waals surface area contributed by atoms with E-state index in [1.807, 2.05) is 0 Å². The predicted molar refractivity (Wildman–Crippen MR) is 75.9 cm³/mol. The van der Waals surface area contributed by atoms with Crippen LogP contribution in [0.3, 0.4) is 0 Å². The van der Waals surface area contributed by atoms with Crippen molar-refractivity contribution in [1.82, 2.24) is 0 Å². The minimum Gasteiger partial charge on any atom is -0.481 e. The van der Waals surface area contributed by atoms with Crippen molar-refractivity contribution >= 4 is 12.2 Å². The van der Waals surface area contributed by atoms with Gasteiger partial charge in [-0.3, -0.25) is 4.79 Å². The Morgan fingerprint density at radius 2 is 1.95 bits per heavy atom. The van der Waals surface area contributed by atoms with Crippen LogP contribution in [0.1, 0.15) is 6.92 Å². The Hall–Kier alpha value is -2.76. The van der Waals surface area contributed by atoms with Crippen molar-refractivity contribution in [1.29, 1.82) is 0 Å². The maximum Gasteiger partial charge on any atom is 0.310 e. The number of carbonyl (C=O) groups is 1. The van der Waals surface area contributed by atoms with E-state index in [-0.39, 0.29) is 0 Å². The number of hydrogen-bond acceptors (Lipinski definition) is 5. The molecule has 0 bridgehead atoms. The number of allylic oxidation sites excluding steroid dienone is 8. The molecule has 1 N–H and O–H groups in total. The molecule has 0 fully saturated rings. The molecule has 6 nitrogen and oxygen atoms in total. The van der Waals surface area contributed by atoms with Crippen molar-refractivity contribution in [2.45, 2.75) is 6.92 Å². The van der Waals surface area contributed by atoms with E-state index in [0.717, 1.165) is 0 Å². The van der Waals surface area contributed by atoms with Crippen LogP contribution in [-0.2, 0) is 9.63 Å². The smallest absolute Gasteiger partial charge is 0.310 e. The standard InChI is InChI=1S/C14H15N3O3/c1-12(14(18)19)13-8-5-3-2-4-6-11-20-17-16-15-10-7-9-13/h2-12H,1H3,(H,18,19). The molecule has 20 heavy (non-hydrogen) atoms. The van der Waals surface area contributed by atoms with Gasteiger partial charge in [0.05, 0.1) is 17.4 Å². The van der Waals surface area contributed by atoms with Gasteiger partial charge in [0.25, 0.3) is 0 Å². The molecular formula is C14H15N3O3. The van der Waals surface area contributed by atoms with Crippen molar-refractivity contribution in [3.63, 3.8) is 0 Å². The zero-order valence-corrected chi connectivity index (χ0v) is 11.0. The average molecular weight is 273 g/mol. The summed E-state index contributed by atoms with van der Waals surface area (Å²) in [5, 5.41) is 19.3. The molecule has 0 aliphatic carbocycles. The molecule has 104 valence electrons. The summed E-state index contributed by atoms with van der Waals surface area (Å²) in [4.78, 5) is 15.7. The zero-order valence-electron chi connectivity index (χ0n) is 11.0. The summed E-state index contributed by atoms with van der Waals surface area (Å²) in [5.41, 5.74) is 0.646. The van der Waals surface area contributed by atoms with E-state index in [2.05, 4.69) is 20.4 Å². The fourth-order valence-corrected chi connectivity index (χ4v) is 1.22. The van der Waals surface area contributed by atoms with Crippen LogP contribution in [0.4, 0.5) is 0 Å². The molecule has 1 unspecified atom stereocenters. The minimum absolute atomic E-state index is 0.617. The summed E-state index contributed by atoms with van der Waals surface area (Å²) >= 11 is 0. The second kappa shape index (κ2) is 9.21. The van der Waals surface area contributed by atoms with Gasteiger partial charge in [-0.1, -0.05) is 36.5 Å². The molecule has 1 heterocycles. The van der Waals surface area contributed by atoms with Crippen molar-refractivity contribution in [3.8, 4) is 0 Å². The molecule has 0 saturated heterocycles. The Morgan fingerprint density at radius 3 is 2.75 bits per heavy atom. The monoisotopic (exact) mass is 273 g/mol. The zero-order chi connectivity index (χ0) is 14.6. The van der Waals surface area contributed by atoms with Gasteiger partial charge in [0, 0.05) is 0 Å². The van der Waals surface area contributed by atoms with Crippen molar-refractivity contribution in [2.75, 3.05) is 0 Å². The Labute approximate surface area is 116 Å². The first-order valence-electron chi connectivity index (χ1n) is 5.90. The highest BCUT2D eigenvalue weighted by molar-refractivity contribution is 5.76. The predicted octanol–water partition coefficient (Wildman–Crippen LogP) is 3.20. The molecule has 0 saturated carbocycles. The maximum absolute atomic E-state index is 11.0. The second-order valence-corrected chi connectivity index (χ2v) is 3.73. The molecule has 0 amide bonds. The van der Waals surface area contributed by atoms with Crippen molar-refractivity contribution < 1.29 is 14.7 Å². The molecule has 0 aromatic rings. The first kappa shape index (κ1) is 15.3. The first-order chi connectivity index (χ1) is 9.72. The molecule has 1 aliphatic heterocycles. The van der Waals surface area contributed by atoms with E-state index in [1.165, 1.54) is 12.5 Å². The van der Waals surface area contributed by atoms with Crippen LogP contribution in [0, 0.1) is 5.92 Å². The van der Waals surface area contributed by atoms with Crippen LogP contribution < -0.4 is 0 Å². The molecular weight excluding hydrogens is 258 g/mol. The summed E-state index contributed by atoms with van der Waals surface area (Å²) in [7, 11) is 0. The number of carboxylic acids is 1. The number of carboxylic acid groups (broad SMARTS) is 1. The number of aliphatic carboxylic acids is 1. The summed E-state index contributed by atoms with van der Waals surface area (Å²) < 4.78 is 0. The largest absolute Gasteiger partial charge is 0.481 e. The van der Waals surface area contributed by atoms with Crippen molar-refractivity contribution in [2.24, 2.45) is 21.5 Å². The van der Waals surface area contributed by atoms with Gasteiger partial charge in [0.1, 0.15) is 6.26 Å². The van der Waals surface area contributed by atoms with Gasteiger partial charge in [-0.2, -0.15) is 0 Å². The SMILES string of the molecule is CC(C(=O)O)C1=CC=CC=CC=CON=NN=CC=C1. The van der Waals surface area contributed by atoms with Crippen LogP contribution >= 0.6 is 0 Å². The molecule has 1 atom stereocenters. The maximum atomic E-state index is 11.0. The van der Waals surface area contributed by atoms with E-state index in [9.17, 15) is 4.79 Å². The quantitative estimate of drug-likeness (QED) is 0.838. The molecule has 0 radical (unpaired) electrons. The van der Waals surface area contributed by atoms with Crippen LogP contribution in [-0.4, -0.2) is 17.3 Å². The van der Waals surface area contributed by atoms with E-state index in [4.69, 9.17) is 5.11 Å². The number of nitrogens with zero attached hydrogens (tertiary/aromatic N) is 3. The van der Waals surface area contributed by atoms with Crippen LogP contribution in [0.2, 0.25) is 0 Å². The second-order valence-electron chi connectivity index (χ2n) is 3.73. The minimum atomic E-state index is -0.893. The lowest BCUT2D eigenvalue weighted by Gasteiger charge is -2.05. The molecule has 6 heteroatoms. The first-order valence-corrected chi connectivity index (χ1v) is 5.90. The Kier molecular flexibility index (Phi) is 7.04. The van der Waals surface area contributed by atoms with E-state index in [1.54, 1.807) is 55.5 Å². The van der Waals surface area contributed by atoms with Gasteiger partial charge in [-0.15, -0.1) is 5.10 Å². The third-order valence-corrected chi connectivity index (χ3v) is 2.32. The third kappa shape index (κ3) is 6.25. The lowest BCUT2D eigenvalue weighted by molar-refractivity contribution is -0.139. The van der Waals surface area contributed by atoms with E-state index < -0.39 is 11.9 Å². The molecule has 1 aliphatic rings. The summed E-state index contributed by atoms with van der Waals surface area (Å²) in [6.45, 7) is 1.61. The highest BCUT2D eigenvalue weighted by atomic mass is 16.6. The fourth-order valence-electron chi connectivity index (χ4n) is 1.22. The third-order valence-electron chi connectivity index (χ3n) is 2.32. The van der Waals surface area contributed by atoms with Crippen LogP contribution in [0.25, 0.3) is 0 Å². The molecule has 0 aromatic carbocycles. The molecule has 0 spiro atoms. The number of rotatable bonds is 2. The highest BCUT2D eigenvalue weighted by Gasteiger charge is 2.13. The molecule has 0 aromatic heterocycles. The normalized spacial score (nSPS) is 16.9. The summed E-state index contributed by atoms with van der Waals surface area (Å²) in [6.07, 6.45) is 16.4. The van der Waals surface area contributed by atoms with Gasteiger partial charge < -0.3 is 9.94 Å². The Balaban J connectivity index is 2.96. The van der Waals surface area contributed by atoms with Gasteiger partial charge in [0.15, 0.2) is 0 Å². The fraction of sp³-hybridized carbons (Fsp3) is 0.143. The van der Waals surface area contributed by atoms with Crippen LogP contribution in [0.15, 0.2) is 76.0 Å². The molecule has 1 rings (SSSR count). The van der Waals surface area contributed by atoms with Gasteiger partial charge in [-0.05, 0) is 29.9 Å². The van der Waals surface area contributed by atoms with Gasteiger partial charge in [0.2, 0.25) is 0 Å². The highest BCUT2D eigenvalue weighted by Crippen LogP contribution is 2.12. The van der Waals surface area contributed by atoms with Gasteiger partial charge >= 0.3 is 5.97 Å². The number of hydrogen-bond donors (Lipinski definition) is 1. The Bertz CT molecular complexity index is 526. The van der Waals surface area contributed by atoms with Crippen molar-refractivity contribution in [3.05, 3.63) is 60.4 Å². The summed E-state index contributed by atoms with van der Waals surface area (Å²) in [5.74, 6) is -1.51. The lowest BCUT2D eigenvalue weighted by Crippen LogP contribution is -2.11. The topological polar surface area (TPSA) is 83.6 Å². The van der Waals surface area contributed by atoms with E-state index in [0.29, 0.717) is 5.57 Å². The Morgan fingerprint density at radius 1 is 1.20 bits per heavy atom.